The molecule has 5 heteroatoms. The first kappa shape index (κ1) is 11.8. The topological polar surface area (TPSA) is 61.0 Å². The number of nitrogens with two attached hydrogens (primary N) is 1. The first-order valence-electron chi connectivity index (χ1n) is 6.04. The van der Waals surface area contributed by atoms with Crippen LogP contribution in [-0.4, -0.2) is 21.5 Å². The highest BCUT2D eigenvalue weighted by molar-refractivity contribution is 7.07. The Morgan fingerprint density at radius 1 is 1.38 bits per heavy atom. The van der Waals surface area contributed by atoms with Crippen LogP contribution in [0.25, 0.3) is 0 Å². The van der Waals surface area contributed by atoms with Gasteiger partial charge in [0.25, 0.3) is 5.19 Å². The molecule has 0 amide bonds. The fourth-order valence-electron chi connectivity index (χ4n) is 2.01. The molecule has 1 heterocycles. The minimum atomic E-state index is 0.125. The SMILES string of the molecule is CCc1nsc(OC2CCCCCC2N)n1. The first-order chi connectivity index (χ1) is 7.79. The third kappa shape index (κ3) is 2.92. The second-order valence-electron chi connectivity index (χ2n) is 4.29. The predicted molar refractivity (Wildman–Crippen MR) is 64.8 cm³/mol. The van der Waals surface area contributed by atoms with E-state index in [1.54, 1.807) is 0 Å². The summed E-state index contributed by atoms with van der Waals surface area (Å²) in [6.45, 7) is 2.04. The molecule has 2 unspecified atom stereocenters. The van der Waals surface area contributed by atoms with Crippen molar-refractivity contribution in [1.82, 2.24) is 9.36 Å². The second kappa shape index (κ2) is 5.59. The van der Waals surface area contributed by atoms with E-state index in [1.165, 1.54) is 30.8 Å². The van der Waals surface area contributed by atoms with Crippen LogP contribution in [0.1, 0.15) is 44.9 Å². The summed E-state index contributed by atoms with van der Waals surface area (Å²) in [5.41, 5.74) is 6.10. The monoisotopic (exact) mass is 241 g/mol. The van der Waals surface area contributed by atoms with Crippen LogP contribution in [0.4, 0.5) is 0 Å². The Hall–Kier alpha value is -0.680. The third-order valence-corrected chi connectivity index (χ3v) is 3.67. The molecule has 0 radical (unpaired) electrons. The van der Waals surface area contributed by atoms with Crippen LogP contribution in [0, 0.1) is 0 Å². The van der Waals surface area contributed by atoms with E-state index in [4.69, 9.17) is 10.5 Å². The molecule has 2 N–H and O–H groups in total. The van der Waals surface area contributed by atoms with Crippen LogP contribution in [0.5, 0.6) is 5.19 Å². The third-order valence-electron chi connectivity index (χ3n) is 3.02. The minimum Gasteiger partial charge on any atom is -0.464 e. The lowest BCUT2D eigenvalue weighted by Gasteiger charge is -2.20. The minimum absolute atomic E-state index is 0.125. The van der Waals surface area contributed by atoms with Crippen LogP contribution >= 0.6 is 11.5 Å². The number of ether oxygens (including phenoxy) is 1. The van der Waals surface area contributed by atoms with Crippen LogP contribution in [-0.2, 0) is 6.42 Å². The molecule has 4 nitrogen and oxygen atoms in total. The number of hydrogen-bond acceptors (Lipinski definition) is 5. The van der Waals surface area contributed by atoms with Crippen molar-refractivity contribution < 1.29 is 4.74 Å². The zero-order valence-electron chi connectivity index (χ0n) is 9.69. The molecule has 16 heavy (non-hydrogen) atoms. The van der Waals surface area contributed by atoms with Crippen molar-refractivity contribution >= 4 is 11.5 Å². The maximum atomic E-state index is 6.10. The summed E-state index contributed by atoms with van der Waals surface area (Å²) in [6.07, 6.45) is 6.78. The fraction of sp³-hybridized carbons (Fsp3) is 0.818. The molecule has 0 aliphatic heterocycles. The number of nitrogens with zero attached hydrogens (tertiary/aromatic N) is 2. The van der Waals surface area contributed by atoms with Gasteiger partial charge < -0.3 is 10.5 Å². The van der Waals surface area contributed by atoms with E-state index in [2.05, 4.69) is 9.36 Å². The predicted octanol–water partition coefficient (Wildman–Crippen LogP) is 2.14. The average Bonchev–Trinajstić information content (AvgIpc) is 2.65. The van der Waals surface area contributed by atoms with Crippen molar-refractivity contribution in [2.24, 2.45) is 5.73 Å². The molecule has 2 rings (SSSR count). The lowest BCUT2D eigenvalue weighted by Crippen LogP contribution is -2.37. The van der Waals surface area contributed by atoms with Gasteiger partial charge in [-0.15, -0.1) is 0 Å². The van der Waals surface area contributed by atoms with Crippen LogP contribution < -0.4 is 10.5 Å². The zero-order valence-corrected chi connectivity index (χ0v) is 10.5. The molecule has 1 fully saturated rings. The van der Waals surface area contributed by atoms with Gasteiger partial charge in [-0.25, -0.2) is 0 Å². The molecule has 1 saturated carbocycles. The molecule has 0 spiro atoms. The number of rotatable bonds is 3. The van der Waals surface area contributed by atoms with Gasteiger partial charge in [0.1, 0.15) is 11.9 Å². The van der Waals surface area contributed by atoms with Crippen molar-refractivity contribution in [1.29, 1.82) is 0 Å². The molecule has 2 atom stereocenters. The molecular weight excluding hydrogens is 222 g/mol. The van der Waals surface area contributed by atoms with E-state index >= 15 is 0 Å². The Morgan fingerprint density at radius 3 is 2.94 bits per heavy atom. The molecule has 90 valence electrons. The van der Waals surface area contributed by atoms with E-state index in [-0.39, 0.29) is 12.1 Å². The highest BCUT2D eigenvalue weighted by Gasteiger charge is 2.23. The summed E-state index contributed by atoms with van der Waals surface area (Å²) in [4.78, 5) is 4.32. The van der Waals surface area contributed by atoms with Crippen LogP contribution in [0.2, 0.25) is 0 Å². The standard InChI is InChI=1S/C11H19N3OS/c1-2-10-13-11(16-14-10)15-9-7-5-3-4-6-8(9)12/h8-9H,2-7,12H2,1H3. The Balaban J connectivity index is 1.96. The van der Waals surface area contributed by atoms with Gasteiger partial charge in [-0.05, 0) is 19.3 Å². The lowest BCUT2D eigenvalue weighted by atomic mass is 10.1. The Morgan fingerprint density at radius 2 is 2.19 bits per heavy atom. The quantitative estimate of drug-likeness (QED) is 0.824. The van der Waals surface area contributed by atoms with E-state index in [0.717, 1.165) is 25.1 Å². The van der Waals surface area contributed by atoms with Gasteiger partial charge >= 0.3 is 0 Å². The van der Waals surface area contributed by atoms with Gasteiger partial charge in [0.05, 0.1) is 0 Å². The Kier molecular flexibility index (Phi) is 4.12. The molecule has 1 aliphatic rings. The van der Waals surface area contributed by atoms with Crippen molar-refractivity contribution in [2.45, 2.75) is 57.6 Å². The summed E-state index contributed by atoms with van der Waals surface area (Å²) in [5.74, 6) is 0.863. The molecular formula is C11H19N3OS. The van der Waals surface area contributed by atoms with E-state index < -0.39 is 0 Å². The Bertz CT molecular complexity index is 329. The fourth-order valence-corrected chi connectivity index (χ4v) is 2.67. The van der Waals surface area contributed by atoms with Gasteiger partial charge in [-0.3, -0.25) is 0 Å². The van der Waals surface area contributed by atoms with Gasteiger partial charge in [0.15, 0.2) is 0 Å². The summed E-state index contributed by atoms with van der Waals surface area (Å²) in [7, 11) is 0. The number of hydrogen-bond donors (Lipinski definition) is 1. The first-order valence-corrected chi connectivity index (χ1v) is 6.81. The zero-order chi connectivity index (χ0) is 11.4. The largest absolute Gasteiger partial charge is 0.464 e. The Labute approximate surface area is 100 Å². The van der Waals surface area contributed by atoms with E-state index in [1.807, 2.05) is 6.92 Å². The van der Waals surface area contributed by atoms with Gasteiger partial charge in [0, 0.05) is 24.0 Å². The molecule has 1 aromatic rings. The maximum absolute atomic E-state index is 6.10. The summed E-state index contributed by atoms with van der Waals surface area (Å²) in [5, 5.41) is 0.680. The van der Waals surface area contributed by atoms with Crippen LogP contribution in [0.3, 0.4) is 0 Å². The smallest absolute Gasteiger partial charge is 0.293 e. The number of aromatic nitrogens is 2. The van der Waals surface area contributed by atoms with Gasteiger partial charge in [-0.1, -0.05) is 19.8 Å². The van der Waals surface area contributed by atoms with Gasteiger partial charge in [0.2, 0.25) is 0 Å². The summed E-state index contributed by atoms with van der Waals surface area (Å²) >= 11 is 1.34. The number of aryl methyl sites for hydroxylation is 1. The molecule has 0 aromatic carbocycles. The highest BCUT2D eigenvalue weighted by Crippen LogP contribution is 2.23. The lowest BCUT2D eigenvalue weighted by molar-refractivity contribution is 0.162. The van der Waals surface area contributed by atoms with Crippen molar-refractivity contribution in [3.63, 3.8) is 0 Å². The average molecular weight is 241 g/mol. The molecule has 0 bridgehead atoms. The van der Waals surface area contributed by atoms with Gasteiger partial charge in [-0.2, -0.15) is 9.36 Å². The normalized spacial score (nSPS) is 26.4. The van der Waals surface area contributed by atoms with E-state index in [9.17, 15) is 0 Å². The van der Waals surface area contributed by atoms with Crippen molar-refractivity contribution in [3.05, 3.63) is 5.82 Å². The molecule has 1 aliphatic carbocycles. The molecule has 0 saturated heterocycles. The summed E-state index contributed by atoms with van der Waals surface area (Å²) < 4.78 is 10.1. The van der Waals surface area contributed by atoms with Crippen molar-refractivity contribution in [3.8, 4) is 5.19 Å². The maximum Gasteiger partial charge on any atom is 0.293 e. The van der Waals surface area contributed by atoms with Crippen LogP contribution in [0.15, 0.2) is 0 Å². The van der Waals surface area contributed by atoms with E-state index in [0.29, 0.717) is 5.19 Å². The highest BCUT2D eigenvalue weighted by atomic mass is 32.1. The molecule has 1 aromatic heterocycles. The second-order valence-corrected chi connectivity index (χ2v) is 5.00. The summed E-state index contributed by atoms with van der Waals surface area (Å²) in [6, 6.07) is 0.150. The van der Waals surface area contributed by atoms with Crippen molar-refractivity contribution in [2.75, 3.05) is 0 Å².